The van der Waals surface area contributed by atoms with Gasteiger partial charge in [-0.15, -0.1) is 0 Å². The summed E-state index contributed by atoms with van der Waals surface area (Å²) in [6, 6.07) is -1.54. The number of allylic oxidation sites excluding steroid dienone is 1. The Morgan fingerprint density at radius 3 is 1.73 bits per heavy atom. The molecule has 0 heterocycles. The quantitative estimate of drug-likeness (QED) is 0.0178. The predicted molar refractivity (Wildman–Crippen MR) is 201 cm³/mol. The van der Waals surface area contributed by atoms with Crippen molar-refractivity contribution < 1.29 is 57.7 Å². The Hall–Kier alpha value is -1.86. The molecule has 0 rings (SSSR count). The van der Waals surface area contributed by atoms with Crippen molar-refractivity contribution in [3.8, 4) is 0 Å². The predicted octanol–water partition coefficient (Wildman–Crippen LogP) is 7.67. The smallest absolute Gasteiger partial charge is 0.472 e. The minimum Gasteiger partial charge on any atom is -0.480 e. The number of phosphoric acid groups is 1. The average Bonchev–Trinajstić information content (AvgIpc) is 3.11. The van der Waals surface area contributed by atoms with Gasteiger partial charge in [-0.3, -0.25) is 23.4 Å². The van der Waals surface area contributed by atoms with E-state index >= 15 is 0 Å². The van der Waals surface area contributed by atoms with Gasteiger partial charge in [-0.1, -0.05) is 129 Å². The summed E-state index contributed by atoms with van der Waals surface area (Å²) < 4.78 is 32.5. The standard InChI is InChI=1S/C38H72NO12P/c1-3-5-7-9-11-12-13-14-15-19-24-28-37(43)51-32(30-49-52(46,47)50-31-33(39)38(44)45)29-48-36(42)27-23-20-16-18-22-26-35(41)34(40)25-21-17-10-8-6-4-2/h17,21,32-35,40-41H,3-16,18-20,22-31,39H2,1-2H3,(H,44,45)(H,46,47)/b21-17-/t32-,33+,34-,35-/m1/s1. The number of aliphatic hydroxyl groups excluding tert-OH is 2. The van der Waals surface area contributed by atoms with Crippen LogP contribution < -0.4 is 5.73 Å². The second-order valence-corrected chi connectivity index (χ2v) is 15.2. The zero-order valence-electron chi connectivity index (χ0n) is 32.1. The van der Waals surface area contributed by atoms with Gasteiger partial charge in [0.25, 0.3) is 0 Å². The Bertz CT molecular complexity index is 982. The first-order chi connectivity index (χ1) is 24.9. The molecule has 6 N–H and O–H groups in total. The molecule has 0 fully saturated rings. The maximum atomic E-state index is 12.5. The first kappa shape index (κ1) is 50.1. The molecule has 52 heavy (non-hydrogen) atoms. The summed E-state index contributed by atoms with van der Waals surface area (Å²) in [5.74, 6) is -2.51. The first-order valence-electron chi connectivity index (χ1n) is 19.9. The Labute approximate surface area is 313 Å². The topological polar surface area (TPSA) is 212 Å². The summed E-state index contributed by atoms with van der Waals surface area (Å²) in [5, 5.41) is 29.2. The van der Waals surface area contributed by atoms with E-state index < -0.39 is 69.9 Å². The highest BCUT2D eigenvalue weighted by Gasteiger charge is 2.28. The maximum Gasteiger partial charge on any atom is 0.472 e. The molecule has 13 nitrogen and oxygen atoms in total. The lowest BCUT2D eigenvalue weighted by atomic mass is 10.0. The molecule has 0 aliphatic carbocycles. The molecule has 0 radical (unpaired) electrons. The van der Waals surface area contributed by atoms with Crippen molar-refractivity contribution in [3.63, 3.8) is 0 Å². The lowest BCUT2D eigenvalue weighted by Crippen LogP contribution is -2.34. The number of carbonyl (C=O) groups is 3. The summed E-state index contributed by atoms with van der Waals surface area (Å²) in [4.78, 5) is 45.8. The third-order valence-corrected chi connectivity index (χ3v) is 9.67. The number of aliphatic hydroxyl groups is 2. The number of carboxylic acids is 1. The van der Waals surface area contributed by atoms with Crippen molar-refractivity contribution in [2.75, 3.05) is 19.8 Å². The van der Waals surface area contributed by atoms with Crippen LogP contribution in [0.5, 0.6) is 0 Å². The van der Waals surface area contributed by atoms with Crippen LogP contribution >= 0.6 is 7.82 Å². The summed E-state index contributed by atoms with van der Waals surface area (Å²) >= 11 is 0. The van der Waals surface area contributed by atoms with Gasteiger partial charge in [0.2, 0.25) is 0 Å². The summed E-state index contributed by atoms with van der Waals surface area (Å²) in [7, 11) is -4.74. The highest BCUT2D eigenvalue weighted by Crippen LogP contribution is 2.43. The number of aliphatic carboxylic acids is 1. The molecule has 0 aromatic carbocycles. The molecular formula is C38H72NO12P. The van der Waals surface area contributed by atoms with Gasteiger partial charge in [0, 0.05) is 12.8 Å². The molecule has 0 amide bonds. The van der Waals surface area contributed by atoms with Crippen molar-refractivity contribution in [2.45, 2.75) is 192 Å². The molecule has 0 aliphatic rings. The van der Waals surface area contributed by atoms with Crippen molar-refractivity contribution in [3.05, 3.63) is 12.2 Å². The van der Waals surface area contributed by atoms with Crippen LogP contribution in [0.1, 0.15) is 168 Å². The highest BCUT2D eigenvalue weighted by atomic mass is 31.2. The Morgan fingerprint density at radius 1 is 0.654 bits per heavy atom. The number of phosphoric ester groups is 1. The minimum atomic E-state index is -4.74. The van der Waals surface area contributed by atoms with Crippen LogP contribution in [0.15, 0.2) is 12.2 Å². The van der Waals surface area contributed by atoms with Crippen LogP contribution in [0.3, 0.4) is 0 Å². The van der Waals surface area contributed by atoms with Crippen LogP contribution in [0.4, 0.5) is 0 Å². The fourth-order valence-corrected chi connectivity index (χ4v) is 6.16. The van der Waals surface area contributed by atoms with Crippen molar-refractivity contribution in [1.82, 2.24) is 0 Å². The Balaban J connectivity index is 4.51. The van der Waals surface area contributed by atoms with E-state index in [0.717, 1.165) is 57.8 Å². The molecule has 0 saturated carbocycles. The zero-order chi connectivity index (χ0) is 38.9. The van der Waals surface area contributed by atoms with Crippen LogP contribution in [0, 0.1) is 0 Å². The Morgan fingerprint density at radius 2 is 1.15 bits per heavy atom. The third kappa shape index (κ3) is 31.6. The number of unbranched alkanes of at least 4 members (excludes halogenated alkanes) is 17. The van der Waals surface area contributed by atoms with Gasteiger partial charge in [0.1, 0.15) is 12.6 Å². The number of esters is 2. The number of hydrogen-bond donors (Lipinski definition) is 5. The second-order valence-electron chi connectivity index (χ2n) is 13.7. The number of nitrogens with two attached hydrogens (primary N) is 1. The van der Waals surface area contributed by atoms with Gasteiger partial charge >= 0.3 is 25.7 Å². The molecule has 0 aliphatic heterocycles. The molecule has 0 aromatic rings. The third-order valence-electron chi connectivity index (χ3n) is 8.71. The Kier molecular flexibility index (Phi) is 32.5. The summed E-state index contributed by atoms with van der Waals surface area (Å²) in [6.07, 6.45) is 23.1. The molecule has 306 valence electrons. The van der Waals surface area contributed by atoms with E-state index in [1.807, 2.05) is 6.08 Å². The second kappa shape index (κ2) is 33.7. The fourth-order valence-electron chi connectivity index (χ4n) is 5.38. The number of rotatable bonds is 37. The van der Waals surface area contributed by atoms with Crippen LogP contribution in [0.2, 0.25) is 0 Å². The number of hydrogen-bond acceptors (Lipinski definition) is 11. The number of carbonyl (C=O) groups excluding carboxylic acids is 2. The molecule has 0 bridgehead atoms. The van der Waals surface area contributed by atoms with Crippen LogP contribution in [-0.4, -0.2) is 82.3 Å². The van der Waals surface area contributed by atoms with Crippen molar-refractivity contribution >= 4 is 25.7 Å². The monoisotopic (exact) mass is 765 g/mol. The van der Waals surface area contributed by atoms with E-state index in [0.29, 0.717) is 25.7 Å². The molecule has 5 atom stereocenters. The first-order valence-corrected chi connectivity index (χ1v) is 21.4. The van der Waals surface area contributed by atoms with Crippen molar-refractivity contribution in [2.24, 2.45) is 5.73 Å². The van der Waals surface area contributed by atoms with Gasteiger partial charge < -0.3 is 35.4 Å². The highest BCUT2D eigenvalue weighted by molar-refractivity contribution is 7.47. The summed E-state index contributed by atoms with van der Waals surface area (Å²) in [6.45, 7) is 2.56. The average molecular weight is 766 g/mol. The van der Waals surface area contributed by atoms with Gasteiger partial charge in [-0.25, -0.2) is 4.57 Å². The molecule has 14 heteroatoms. The van der Waals surface area contributed by atoms with E-state index in [9.17, 15) is 34.1 Å². The molecule has 1 unspecified atom stereocenters. The lowest BCUT2D eigenvalue weighted by Gasteiger charge is -2.20. The molecule has 0 spiro atoms. The molecular weight excluding hydrogens is 693 g/mol. The summed E-state index contributed by atoms with van der Waals surface area (Å²) in [5.41, 5.74) is 5.31. The lowest BCUT2D eigenvalue weighted by molar-refractivity contribution is -0.161. The van der Waals surface area contributed by atoms with Gasteiger partial charge in [0.15, 0.2) is 6.10 Å². The van der Waals surface area contributed by atoms with Gasteiger partial charge in [-0.05, 0) is 38.5 Å². The normalized spacial score (nSPS) is 15.2. The fraction of sp³-hybridized carbons (Fsp3) is 0.868. The number of carboxylic acid groups (broad SMARTS) is 1. The van der Waals surface area contributed by atoms with E-state index in [1.54, 1.807) is 0 Å². The van der Waals surface area contributed by atoms with E-state index in [1.165, 1.54) is 57.8 Å². The SMILES string of the molecule is CCCCC/C=C\C[C@@H](O)[C@H](O)CCCCCCCC(=O)OC[C@H](COP(=O)(O)OC[C@H](N)C(=O)O)OC(=O)CCCCCCCCCCCCC. The van der Waals surface area contributed by atoms with Crippen LogP contribution in [0.25, 0.3) is 0 Å². The largest absolute Gasteiger partial charge is 0.480 e. The van der Waals surface area contributed by atoms with Gasteiger partial charge in [-0.2, -0.15) is 0 Å². The van der Waals surface area contributed by atoms with Gasteiger partial charge in [0.05, 0.1) is 25.4 Å². The maximum absolute atomic E-state index is 12.5. The number of ether oxygens (including phenoxy) is 2. The van der Waals surface area contributed by atoms with E-state index in [-0.39, 0.29) is 12.8 Å². The van der Waals surface area contributed by atoms with E-state index in [4.69, 9.17) is 24.8 Å². The zero-order valence-corrected chi connectivity index (χ0v) is 33.0. The van der Waals surface area contributed by atoms with E-state index in [2.05, 4.69) is 24.4 Å². The molecule has 0 aromatic heterocycles. The van der Waals surface area contributed by atoms with Crippen molar-refractivity contribution in [1.29, 1.82) is 0 Å². The molecule has 0 saturated heterocycles. The van der Waals surface area contributed by atoms with Crippen LogP contribution in [-0.2, 0) is 37.5 Å². The minimum absolute atomic E-state index is 0.126.